The van der Waals surface area contributed by atoms with Gasteiger partial charge in [-0.25, -0.2) is 8.42 Å². The Morgan fingerprint density at radius 2 is 2.06 bits per heavy atom. The van der Waals surface area contributed by atoms with Gasteiger partial charge in [-0.15, -0.1) is 0 Å². The lowest BCUT2D eigenvalue weighted by Crippen LogP contribution is -2.21. The number of sulfone groups is 1. The lowest BCUT2D eigenvalue weighted by atomic mass is 10.2. The van der Waals surface area contributed by atoms with Gasteiger partial charge < -0.3 is 11.1 Å². The largest absolute Gasteiger partial charge is 0.398 e. The molecule has 0 aliphatic heterocycles. The second kappa shape index (κ2) is 4.52. The predicted octanol–water partition coefficient (Wildman–Crippen LogP) is 0.560. The summed E-state index contributed by atoms with van der Waals surface area (Å²) in [5.41, 5.74) is 7.61. The predicted molar refractivity (Wildman–Crippen MR) is 63.9 cm³/mol. The quantitative estimate of drug-likeness (QED) is 0.758. The summed E-state index contributed by atoms with van der Waals surface area (Å²) in [5, 5.41) is 2.47. The van der Waals surface area contributed by atoms with Crippen LogP contribution in [0.3, 0.4) is 0 Å². The van der Waals surface area contributed by atoms with E-state index in [0.29, 0.717) is 11.4 Å². The molecule has 0 saturated carbocycles. The highest BCUT2D eigenvalue weighted by molar-refractivity contribution is 7.91. The SMILES string of the molecule is Cc1ccc(NC(=O)CS(C)(=O)=O)cc1N. The van der Waals surface area contributed by atoms with Gasteiger partial charge >= 0.3 is 0 Å². The van der Waals surface area contributed by atoms with Crippen LogP contribution in [0.1, 0.15) is 5.56 Å². The van der Waals surface area contributed by atoms with Crippen LogP contribution in [0.15, 0.2) is 18.2 Å². The molecule has 0 heterocycles. The van der Waals surface area contributed by atoms with E-state index in [9.17, 15) is 13.2 Å². The molecule has 0 unspecified atom stereocenters. The molecule has 5 nitrogen and oxygen atoms in total. The highest BCUT2D eigenvalue weighted by atomic mass is 32.2. The summed E-state index contributed by atoms with van der Waals surface area (Å²) in [6.07, 6.45) is 1.01. The molecule has 0 aliphatic rings. The topological polar surface area (TPSA) is 89.3 Å². The molecule has 0 radical (unpaired) electrons. The molecule has 6 heteroatoms. The summed E-state index contributed by atoms with van der Waals surface area (Å²) in [7, 11) is -3.31. The number of hydrogen-bond acceptors (Lipinski definition) is 4. The average Bonchev–Trinajstić information content (AvgIpc) is 2.08. The van der Waals surface area contributed by atoms with E-state index >= 15 is 0 Å². The molecular weight excluding hydrogens is 228 g/mol. The third-order valence-corrected chi connectivity index (χ3v) is 2.74. The Hall–Kier alpha value is -1.56. The van der Waals surface area contributed by atoms with Crippen molar-refractivity contribution >= 4 is 27.1 Å². The molecule has 0 bridgehead atoms. The molecule has 0 atom stereocenters. The standard InChI is InChI=1S/C10H14N2O3S/c1-7-3-4-8(5-9(7)11)12-10(13)6-16(2,14)15/h3-5H,6,11H2,1-2H3,(H,12,13). The van der Waals surface area contributed by atoms with Gasteiger partial charge in [-0.1, -0.05) is 6.07 Å². The van der Waals surface area contributed by atoms with E-state index in [4.69, 9.17) is 5.73 Å². The zero-order valence-corrected chi connectivity index (χ0v) is 9.97. The molecule has 1 rings (SSSR count). The molecule has 16 heavy (non-hydrogen) atoms. The molecule has 1 aromatic rings. The van der Waals surface area contributed by atoms with Gasteiger partial charge in [0.05, 0.1) is 0 Å². The van der Waals surface area contributed by atoms with E-state index in [-0.39, 0.29) is 0 Å². The van der Waals surface area contributed by atoms with Crippen LogP contribution in [0.2, 0.25) is 0 Å². The third kappa shape index (κ3) is 3.90. The Morgan fingerprint density at radius 3 is 2.56 bits per heavy atom. The van der Waals surface area contributed by atoms with Crippen molar-refractivity contribution in [1.29, 1.82) is 0 Å². The minimum Gasteiger partial charge on any atom is -0.398 e. The van der Waals surface area contributed by atoms with E-state index in [1.54, 1.807) is 18.2 Å². The van der Waals surface area contributed by atoms with Crippen LogP contribution in [0, 0.1) is 6.92 Å². The van der Waals surface area contributed by atoms with Crippen molar-refractivity contribution in [2.75, 3.05) is 23.1 Å². The average molecular weight is 242 g/mol. The van der Waals surface area contributed by atoms with Gasteiger partial charge in [-0.05, 0) is 24.6 Å². The number of nitrogens with two attached hydrogens (primary N) is 1. The van der Waals surface area contributed by atoms with Crippen molar-refractivity contribution in [3.63, 3.8) is 0 Å². The Morgan fingerprint density at radius 1 is 1.44 bits per heavy atom. The number of nitrogen functional groups attached to an aromatic ring is 1. The lowest BCUT2D eigenvalue weighted by molar-refractivity contribution is -0.113. The molecule has 0 aromatic heterocycles. The van der Waals surface area contributed by atoms with Crippen molar-refractivity contribution in [3.05, 3.63) is 23.8 Å². The Labute approximate surface area is 94.6 Å². The lowest BCUT2D eigenvalue weighted by Gasteiger charge is -2.06. The number of carbonyl (C=O) groups is 1. The first-order chi connectivity index (χ1) is 7.28. The number of carbonyl (C=O) groups excluding carboxylic acids is 1. The number of aryl methyl sites for hydroxylation is 1. The van der Waals surface area contributed by atoms with E-state index < -0.39 is 21.5 Å². The summed E-state index contributed by atoms with van der Waals surface area (Å²) >= 11 is 0. The van der Waals surface area contributed by atoms with Crippen molar-refractivity contribution in [3.8, 4) is 0 Å². The van der Waals surface area contributed by atoms with E-state index in [2.05, 4.69) is 5.32 Å². The fourth-order valence-corrected chi connectivity index (χ4v) is 1.70. The fraction of sp³-hybridized carbons (Fsp3) is 0.300. The van der Waals surface area contributed by atoms with Crippen molar-refractivity contribution in [2.24, 2.45) is 0 Å². The number of hydrogen-bond donors (Lipinski definition) is 2. The molecule has 0 spiro atoms. The molecule has 3 N–H and O–H groups in total. The zero-order chi connectivity index (χ0) is 12.3. The normalized spacial score (nSPS) is 11.1. The third-order valence-electron chi connectivity index (χ3n) is 1.96. The van der Waals surface area contributed by atoms with Gasteiger partial charge in [0.15, 0.2) is 9.84 Å². The van der Waals surface area contributed by atoms with E-state index in [1.807, 2.05) is 6.92 Å². The highest BCUT2D eigenvalue weighted by Gasteiger charge is 2.11. The zero-order valence-electron chi connectivity index (χ0n) is 9.15. The van der Waals surface area contributed by atoms with Crippen molar-refractivity contribution in [2.45, 2.75) is 6.92 Å². The van der Waals surface area contributed by atoms with Gasteiger partial charge in [0, 0.05) is 17.6 Å². The number of rotatable bonds is 3. The number of nitrogens with one attached hydrogen (secondary N) is 1. The maximum atomic E-state index is 11.3. The highest BCUT2D eigenvalue weighted by Crippen LogP contribution is 2.16. The van der Waals surface area contributed by atoms with Crippen LogP contribution in [-0.4, -0.2) is 26.3 Å². The molecular formula is C10H14N2O3S. The van der Waals surface area contributed by atoms with Crippen LogP contribution < -0.4 is 11.1 Å². The van der Waals surface area contributed by atoms with Gasteiger partial charge in [-0.3, -0.25) is 4.79 Å². The van der Waals surface area contributed by atoms with Crippen LogP contribution in [0.25, 0.3) is 0 Å². The number of benzene rings is 1. The smallest absolute Gasteiger partial charge is 0.239 e. The Balaban J connectivity index is 2.74. The van der Waals surface area contributed by atoms with E-state index in [0.717, 1.165) is 11.8 Å². The number of amides is 1. The van der Waals surface area contributed by atoms with Crippen molar-refractivity contribution in [1.82, 2.24) is 0 Å². The maximum absolute atomic E-state index is 11.3. The summed E-state index contributed by atoms with van der Waals surface area (Å²) in [4.78, 5) is 11.3. The number of anilines is 2. The van der Waals surface area contributed by atoms with Crippen LogP contribution in [0.4, 0.5) is 11.4 Å². The van der Waals surface area contributed by atoms with Gasteiger partial charge in [0.2, 0.25) is 5.91 Å². The molecule has 88 valence electrons. The first-order valence-corrected chi connectivity index (χ1v) is 6.68. The monoisotopic (exact) mass is 242 g/mol. The minimum absolute atomic E-state index is 0.497. The van der Waals surface area contributed by atoms with Gasteiger partial charge in [0.1, 0.15) is 5.75 Å². The van der Waals surface area contributed by atoms with Gasteiger partial charge in [0.25, 0.3) is 0 Å². The fourth-order valence-electron chi connectivity index (χ4n) is 1.15. The second-order valence-corrected chi connectivity index (χ2v) is 5.83. The molecule has 1 amide bonds. The summed E-state index contributed by atoms with van der Waals surface area (Å²) in [6, 6.07) is 5.02. The first-order valence-electron chi connectivity index (χ1n) is 4.61. The minimum atomic E-state index is -3.31. The molecule has 0 fully saturated rings. The van der Waals surface area contributed by atoms with Crippen molar-refractivity contribution < 1.29 is 13.2 Å². The molecule has 1 aromatic carbocycles. The van der Waals surface area contributed by atoms with E-state index in [1.165, 1.54) is 0 Å². The van der Waals surface area contributed by atoms with Crippen LogP contribution in [0.5, 0.6) is 0 Å². The molecule has 0 saturated heterocycles. The summed E-state index contributed by atoms with van der Waals surface area (Å²) < 4.78 is 21.7. The molecule has 0 aliphatic carbocycles. The first kappa shape index (κ1) is 12.5. The summed E-state index contributed by atoms with van der Waals surface area (Å²) in [5.74, 6) is -1.09. The Kier molecular flexibility index (Phi) is 3.54. The second-order valence-electron chi connectivity index (χ2n) is 3.69. The van der Waals surface area contributed by atoms with Gasteiger partial charge in [-0.2, -0.15) is 0 Å². The Bertz CT molecular complexity index is 509. The summed E-state index contributed by atoms with van der Waals surface area (Å²) in [6.45, 7) is 1.84. The van der Waals surface area contributed by atoms with Crippen LogP contribution in [-0.2, 0) is 14.6 Å². The van der Waals surface area contributed by atoms with Crippen LogP contribution >= 0.6 is 0 Å². The maximum Gasteiger partial charge on any atom is 0.239 e.